The normalized spacial score (nSPS) is 28.7. The van der Waals surface area contributed by atoms with Gasteiger partial charge in [-0.15, -0.1) is 0 Å². The molecule has 2 aromatic carbocycles. The summed E-state index contributed by atoms with van der Waals surface area (Å²) in [5.41, 5.74) is -1.83. The summed E-state index contributed by atoms with van der Waals surface area (Å²) in [7, 11) is 3.17. The highest BCUT2D eigenvalue weighted by Gasteiger charge is 2.78. The van der Waals surface area contributed by atoms with E-state index in [0.29, 0.717) is 23.4 Å². The maximum atomic E-state index is 13.8. The largest absolute Gasteiger partial charge is 0.495 e. The van der Waals surface area contributed by atoms with E-state index in [1.165, 1.54) is 19.5 Å². The zero-order chi connectivity index (χ0) is 25.0. The number of halogens is 1. The first-order chi connectivity index (χ1) is 16.8. The van der Waals surface area contributed by atoms with Gasteiger partial charge in [-0.05, 0) is 30.2 Å². The molecule has 0 radical (unpaired) electrons. The highest BCUT2D eigenvalue weighted by atomic mass is 79.9. The Hall–Kier alpha value is -2.94. The van der Waals surface area contributed by atoms with Gasteiger partial charge >= 0.3 is 0 Å². The lowest BCUT2D eigenvalue weighted by atomic mass is 9.70. The standard InChI is InChI=1S/C27H27BrN2O5/c1-4-30(2)25(32)21-22(16-8-6-5-7-9-16)27(17-10-12-18(28)13-11-17)26(33,24(21)31)23-19(34-3)14-29-15-20(23)35-27/h5-15,21-22,24,31,33H,4H2,1-3H3. The SMILES string of the molecule is CCN(C)C(=O)C1C(O)C2(O)c3c(OC)cncc3OC2(c2ccc(Br)cc2)C1c1ccccc1. The quantitative estimate of drug-likeness (QED) is 0.515. The molecule has 1 aliphatic heterocycles. The van der Waals surface area contributed by atoms with Gasteiger partial charge < -0.3 is 24.6 Å². The molecule has 1 aromatic heterocycles. The van der Waals surface area contributed by atoms with Crippen LogP contribution in [-0.4, -0.2) is 52.8 Å². The zero-order valence-electron chi connectivity index (χ0n) is 19.7. The summed E-state index contributed by atoms with van der Waals surface area (Å²) >= 11 is 3.48. The predicted octanol–water partition coefficient (Wildman–Crippen LogP) is 3.58. The highest BCUT2D eigenvalue weighted by molar-refractivity contribution is 9.10. The van der Waals surface area contributed by atoms with Gasteiger partial charge in [0.1, 0.15) is 17.6 Å². The lowest BCUT2D eigenvalue weighted by Crippen LogP contribution is -2.52. The van der Waals surface area contributed by atoms with E-state index in [-0.39, 0.29) is 11.7 Å². The minimum Gasteiger partial charge on any atom is -0.495 e. The third-order valence-corrected chi connectivity index (χ3v) is 7.98. The van der Waals surface area contributed by atoms with E-state index in [9.17, 15) is 15.0 Å². The summed E-state index contributed by atoms with van der Waals surface area (Å²) in [6.07, 6.45) is 1.50. The monoisotopic (exact) mass is 538 g/mol. The molecule has 3 aromatic rings. The number of fused-ring (bicyclic) bond motifs is 3. The van der Waals surface area contributed by atoms with E-state index >= 15 is 0 Å². The van der Waals surface area contributed by atoms with Crippen molar-refractivity contribution in [3.63, 3.8) is 0 Å². The van der Waals surface area contributed by atoms with Gasteiger partial charge in [0.15, 0.2) is 11.2 Å². The molecule has 0 saturated heterocycles. The summed E-state index contributed by atoms with van der Waals surface area (Å²) in [6, 6.07) is 16.9. The van der Waals surface area contributed by atoms with Crippen molar-refractivity contribution in [3.8, 4) is 11.5 Å². The van der Waals surface area contributed by atoms with Gasteiger partial charge in [-0.25, -0.2) is 0 Å². The van der Waals surface area contributed by atoms with Crippen LogP contribution in [-0.2, 0) is 16.0 Å². The van der Waals surface area contributed by atoms with Crippen molar-refractivity contribution >= 4 is 21.8 Å². The van der Waals surface area contributed by atoms with Crippen molar-refractivity contribution in [3.05, 3.63) is 88.2 Å². The number of aromatic nitrogens is 1. The van der Waals surface area contributed by atoms with Crippen LogP contribution in [0.1, 0.15) is 29.5 Å². The number of ether oxygens (including phenoxy) is 2. The Kier molecular flexibility index (Phi) is 5.86. The summed E-state index contributed by atoms with van der Waals surface area (Å²) in [4.78, 5) is 19.6. The molecule has 8 heteroatoms. The molecule has 182 valence electrons. The van der Waals surface area contributed by atoms with E-state index < -0.39 is 29.1 Å². The van der Waals surface area contributed by atoms with Crippen LogP contribution >= 0.6 is 15.9 Å². The van der Waals surface area contributed by atoms with Gasteiger partial charge in [0, 0.05) is 24.0 Å². The Morgan fingerprint density at radius 3 is 2.49 bits per heavy atom. The minimum absolute atomic E-state index is 0.272. The number of aliphatic hydroxyl groups excluding tert-OH is 1. The average Bonchev–Trinajstić information content (AvgIpc) is 3.27. The molecule has 35 heavy (non-hydrogen) atoms. The maximum absolute atomic E-state index is 13.8. The Labute approximate surface area is 212 Å². The number of carbonyl (C=O) groups excluding carboxylic acids is 1. The molecule has 1 aliphatic carbocycles. The molecule has 5 rings (SSSR count). The number of carbonyl (C=O) groups is 1. The molecular weight excluding hydrogens is 512 g/mol. The molecule has 2 heterocycles. The summed E-state index contributed by atoms with van der Waals surface area (Å²) in [5.74, 6) is -1.38. The second-order valence-corrected chi connectivity index (χ2v) is 9.95. The molecule has 1 fully saturated rings. The van der Waals surface area contributed by atoms with Gasteiger partial charge in [0.25, 0.3) is 0 Å². The summed E-state index contributed by atoms with van der Waals surface area (Å²) in [5, 5.41) is 24.6. The first kappa shape index (κ1) is 23.8. The van der Waals surface area contributed by atoms with Crippen molar-refractivity contribution in [2.45, 2.75) is 30.1 Å². The molecule has 1 saturated carbocycles. The van der Waals surface area contributed by atoms with Crippen LogP contribution in [0.25, 0.3) is 0 Å². The van der Waals surface area contributed by atoms with Crippen LogP contribution in [0.5, 0.6) is 11.5 Å². The molecule has 7 nitrogen and oxygen atoms in total. The molecule has 0 bridgehead atoms. The van der Waals surface area contributed by atoms with Crippen molar-refractivity contribution in [1.29, 1.82) is 0 Å². The van der Waals surface area contributed by atoms with Gasteiger partial charge in [-0.1, -0.05) is 58.4 Å². The smallest absolute Gasteiger partial charge is 0.228 e. The van der Waals surface area contributed by atoms with Gasteiger partial charge in [-0.3, -0.25) is 9.78 Å². The number of nitrogens with zero attached hydrogens (tertiary/aromatic N) is 2. The molecule has 0 spiro atoms. The topological polar surface area (TPSA) is 92.1 Å². The van der Waals surface area contributed by atoms with E-state index in [1.807, 2.05) is 61.5 Å². The number of amides is 1. The molecule has 5 atom stereocenters. The van der Waals surface area contributed by atoms with Crippen molar-refractivity contribution in [1.82, 2.24) is 9.88 Å². The van der Waals surface area contributed by atoms with Crippen LogP contribution in [0.3, 0.4) is 0 Å². The highest BCUT2D eigenvalue weighted by Crippen LogP contribution is 2.69. The number of benzene rings is 2. The average molecular weight is 539 g/mol. The molecule has 2 aliphatic rings. The van der Waals surface area contributed by atoms with Crippen LogP contribution < -0.4 is 9.47 Å². The second-order valence-electron chi connectivity index (χ2n) is 9.04. The van der Waals surface area contributed by atoms with E-state index in [0.717, 1.165) is 10.0 Å². The Morgan fingerprint density at radius 2 is 1.86 bits per heavy atom. The number of methoxy groups -OCH3 is 1. The Balaban J connectivity index is 1.87. The molecular formula is C27H27BrN2O5. The fourth-order valence-corrected chi connectivity index (χ4v) is 6.04. The van der Waals surface area contributed by atoms with Gasteiger partial charge in [0.2, 0.25) is 5.91 Å². The molecule has 5 unspecified atom stereocenters. The Morgan fingerprint density at radius 1 is 1.17 bits per heavy atom. The molecule has 1 amide bonds. The fourth-order valence-electron chi connectivity index (χ4n) is 5.78. The number of rotatable bonds is 5. The number of pyridine rings is 1. The van der Waals surface area contributed by atoms with E-state index in [4.69, 9.17) is 9.47 Å². The number of hydrogen-bond donors (Lipinski definition) is 2. The zero-order valence-corrected chi connectivity index (χ0v) is 21.3. The van der Waals surface area contributed by atoms with Gasteiger partial charge in [0.05, 0.1) is 31.0 Å². The van der Waals surface area contributed by atoms with Gasteiger partial charge in [-0.2, -0.15) is 0 Å². The molecule has 2 N–H and O–H groups in total. The Bertz CT molecular complexity index is 1250. The summed E-state index contributed by atoms with van der Waals surface area (Å²) in [6.45, 7) is 2.33. The third-order valence-electron chi connectivity index (χ3n) is 7.45. The first-order valence-corrected chi connectivity index (χ1v) is 12.3. The predicted molar refractivity (Wildman–Crippen MR) is 133 cm³/mol. The maximum Gasteiger partial charge on any atom is 0.228 e. The lowest BCUT2D eigenvalue weighted by Gasteiger charge is -2.40. The van der Waals surface area contributed by atoms with E-state index in [1.54, 1.807) is 11.9 Å². The van der Waals surface area contributed by atoms with Crippen LogP contribution in [0.15, 0.2) is 71.5 Å². The minimum atomic E-state index is -2.00. The van der Waals surface area contributed by atoms with Crippen molar-refractivity contribution in [2.24, 2.45) is 5.92 Å². The van der Waals surface area contributed by atoms with Crippen LogP contribution in [0.2, 0.25) is 0 Å². The van der Waals surface area contributed by atoms with Crippen LogP contribution in [0, 0.1) is 5.92 Å². The second kappa shape index (κ2) is 8.62. The van der Waals surface area contributed by atoms with Crippen molar-refractivity contribution in [2.75, 3.05) is 20.7 Å². The van der Waals surface area contributed by atoms with Crippen molar-refractivity contribution < 1.29 is 24.5 Å². The number of hydrogen-bond acceptors (Lipinski definition) is 6. The van der Waals surface area contributed by atoms with E-state index in [2.05, 4.69) is 20.9 Å². The number of aliphatic hydroxyl groups is 2. The van der Waals surface area contributed by atoms with Crippen LogP contribution in [0.4, 0.5) is 0 Å². The fraction of sp³-hybridized carbons (Fsp3) is 0.333. The third kappa shape index (κ3) is 3.16. The first-order valence-electron chi connectivity index (χ1n) is 11.5. The lowest BCUT2D eigenvalue weighted by molar-refractivity contribution is -0.156. The summed E-state index contributed by atoms with van der Waals surface area (Å²) < 4.78 is 13.1.